The second-order valence-electron chi connectivity index (χ2n) is 17.7. The van der Waals surface area contributed by atoms with Crippen LogP contribution in [0.25, 0.3) is 98.0 Å². The Labute approximate surface area is 443 Å². The monoisotopic (exact) mass is 836 g/mol. The van der Waals surface area contributed by atoms with Crippen LogP contribution in [-0.4, -0.2) is 180 Å². The number of rotatable bonds is 3. The van der Waals surface area contributed by atoms with Crippen molar-refractivity contribution in [3.05, 3.63) is 42.5 Å². The van der Waals surface area contributed by atoms with Gasteiger partial charge in [0.25, 0.3) is 0 Å². The third-order valence-corrected chi connectivity index (χ3v) is 14.2. The molecule has 0 atom stereocenters. The van der Waals surface area contributed by atoms with Crippen LogP contribution in [0.2, 0.25) is 0 Å². The quantitative estimate of drug-likeness (QED) is 0.0945. The van der Waals surface area contributed by atoms with Crippen LogP contribution < -0.4 is 126 Å². The molecule has 0 unspecified atom stereocenters. The molecule has 0 aliphatic rings. The standard InChI is InChI=1S/C48H7B23/c49-26-18(21-23(36(59)46(69)44(67)34(21)57)24-25(26)38(61)48(71)47(70)37(24)60)20-22-19(33(56)43(66)45(68)35(22)58)17(27(50)28(20)51)12-15-13(29(52)39(62)41(64)31(15)54)11(10-7-3-5-8-4-1-2-6-9(8)10)14-16(12)32(55)42(65)40(63)30(14)53/h1-7H. The Morgan fingerprint density at radius 2 is 0.423 bits per heavy atom. The van der Waals surface area contributed by atoms with Crippen molar-refractivity contribution < 1.29 is 0 Å². The second-order valence-corrected chi connectivity index (χ2v) is 17.7. The first-order valence-electron chi connectivity index (χ1n) is 21.5. The lowest BCUT2D eigenvalue weighted by Gasteiger charge is -2.33. The molecule has 0 amide bonds. The minimum Gasteiger partial charge on any atom is -0.110 e. The summed E-state index contributed by atoms with van der Waals surface area (Å²) in [6.45, 7) is 0. The van der Waals surface area contributed by atoms with Crippen molar-refractivity contribution in [2.24, 2.45) is 0 Å². The Morgan fingerprint density at radius 1 is 0.169 bits per heavy atom. The van der Waals surface area contributed by atoms with E-state index in [9.17, 15) is 0 Å². The molecule has 71 heavy (non-hydrogen) atoms. The van der Waals surface area contributed by atoms with Crippen molar-refractivity contribution in [3.63, 3.8) is 0 Å². The van der Waals surface area contributed by atoms with Crippen molar-refractivity contribution in [1.82, 2.24) is 0 Å². The first-order valence-corrected chi connectivity index (χ1v) is 21.5. The highest BCUT2D eigenvalue weighted by molar-refractivity contribution is 6.77. The second kappa shape index (κ2) is 17.2. The minimum atomic E-state index is -0.206. The molecule has 0 aliphatic heterocycles. The zero-order valence-corrected chi connectivity index (χ0v) is 37.8. The Balaban J connectivity index is 1.56. The number of fused-ring (bicyclic) bond motifs is 7. The maximum atomic E-state index is 7.50. The maximum absolute atomic E-state index is 7.50. The van der Waals surface area contributed by atoms with Gasteiger partial charge in [0.05, 0.1) is 0 Å². The summed E-state index contributed by atoms with van der Waals surface area (Å²) in [4.78, 5) is 0. The maximum Gasteiger partial charge on any atom is 0.115 e. The first-order chi connectivity index (χ1) is 33.4. The lowest BCUT2D eigenvalue weighted by molar-refractivity contribution is 1.73. The molecule has 46 radical (unpaired) electrons. The zero-order valence-electron chi connectivity index (χ0n) is 37.8. The van der Waals surface area contributed by atoms with Crippen LogP contribution in [0.4, 0.5) is 0 Å². The van der Waals surface area contributed by atoms with Crippen molar-refractivity contribution in [2.45, 2.75) is 0 Å². The summed E-state index contributed by atoms with van der Waals surface area (Å²) in [5, 5.41) is 3.01. The van der Waals surface area contributed by atoms with Gasteiger partial charge >= 0.3 is 0 Å². The molecule has 10 aromatic rings. The van der Waals surface area contributed by atoms with Crippen molar-refractivity contribution in [1.29, 1.82) is 0 Å². The molecule has 0 fully saturated rings. The lowest BCUT2D eigenvalue weighted by Crippen LogP contribution is -2.52. The van der Waals surface area contributed by atoms with E-state index in [4.69, 9.17) is 180 Å². The average Bonchev–Trinajstić information content (AvgIpc) is 3.36. The summed E-state index contributed by atoms with van der Waals surface area (Å²) >= 11 is 0. The zero-order chi connectivity index (χ0) is 51.6. The van der Waals surface area contributed by atoms with Crippen LogP contribution in [0, 0.1) is 0 Å². The Bertz CT molecular complexity index is 4110. The topological polar surface area (TPSA) is 0 Å². The van der Waals surface area contributed by atoms with Crippen LogP contribution >= 0.6 is 0 Å². The highest BCUT2D eigenvalue weighted by atomic mass is 14.3. The van der Waals surface area contributed by atoms with Crippen molar-refractivity contribution in [2.75, 3.05) is 0 Å². The SMILES string of the molecule is [B]c1c([B])c([B])c2c(-c3c([B])c4c([B])c([B])c([B])c([B])c4c4c([B])c([B])c([B])c([B])c34)c([B])c([B])c(-c3c4c([B])c([B])c([B])c([B])c4c(-c4cccc5ccccc45)c4c([B])c([B])c([B])c([B])c34)c2c1[B]. The van der Waals surface area contributed by atoms with Gasteiger partial charge in [0.15, 0.2) is 0 Å². The number of hydrogen-bond acceptors (Lipinski definition) is 0. The van der Waals surface area contributed by atoms with E-state index < -0.39 is 0 Å². The van der Waals surface area contributed by atoms with E-state index in [0.29, 0.717) is 11.1 Å². The largest absolute Gasteiger partial charge is 0.115 e. The van der Waals surface area contributed by atoms with Gasteiger partial charge in [0, 0.05) is 0 Å². The molecule has 0 spiro atoms. The van der Waals surface area contributed by atoms with Crippen LogP contribution in [0.5, 0.6) is 0 Å². The predicted molar refractivity (Wildman–Crippen MR) is 332 cm³/mol. The molecule has 0 saturated heterocycles. The molecule has 0 heterocycles. The molecule has 0 N–H and O–H groups in total. The Morgan fingerprint density at radius 3 is 0.817 bits per heavy atom. The van der Waals surface area contributed by atoms with Gasteiger partial charge in [-0.1, -0.05) is 113 Å². The third kappa shape index (κ3) is 6.51. The van der Waals surface area contributed by atoms with Gasteiger partial charge < -0.3 is 0 Å². The van der Waals surface area contributed by atoms with Crippen LogP contribution in [0.15, 0.2) is 42.5 Å². The third-order valence-electron chi connectivity index (χ3n) is 14.2. The average molecular weight is 832 g/mol. The molecule has 0 nitrogen and oxygen atoms in total. The predicted octanol–water partition coefficient (Wildman–Crippen LogP) is -14.1. The van der Waals surface area contributed by atoms with Crippen LogP contribution in [0.1, 0.15) is 0 Å². The van der Waals surface area contributed by atoms with E-state index in [2.05, 4.69) is 0 Å². The molecular formula is C48H7B23. The van der Waals surface area contributed by atoms with Gasteiger partial charge in [-0.25, -0.2) is 0 Å². The summed E-state index contributed by atoms with van der Waals surface area (Å²) in [5.41, 5.74) is -0.951. The number of benzene rings is 10. The van der Waals surface area contributed by atoms with Gasteiger partial charge in [-0.15, -0.1) is 54.6 Å². The van der Waals surface area contributed by atoms with Gasteiger partial charge in [-0.2, -0.15) is 0 Å². The van der Waals surface area contributed by atoms with E-state index in [1.807, 2.05) is 42.5 Å². The minimum absolute atomic E-state index is 0.00124. The summed E-state index contributed by atoms with van der Waals surface area (Å²) in [7, 11) is 159. The smallest absolute Gasteiger partial charge is 0.110 e. The highest BCUT2D eigenvalue weighted by Crippen LogP contribution is 2.44. The summed E-state index contributed by atoms with van der Waals surface area (Å²) in [6, 6.07) is 13.3. The van der Waals surface area contributed by atoms with Crippen LogP contribution in [0.3, 0.4) is 0 Å². The molecule has 0 aliphatic carbocycles. The van der Waals surface area contributed by atoms with E-state index >= 15 is 0 Å². The molecule has 0 aromatic heterocycles. The summed E-state index contributed by atoms with van der Waals surface area (Å²) in [5.74, 6) is 0. The fourth-order valence-corrected chi connectivity index (χ4v) is 10.6. The fourth-order valence-electron chi connectivity index (χ4n) is 10.6. The molecule has 23 heteroatoms. The highest BCUT2D eigenvalue weighted by Gasteiger charge is 2.31. The van der Waals surface area contributed by atoms with Crippen molar-refractivity contribution >= 4 is 371 Å². The number of hydrogen-bond donors (Lipinski definition) is 0. The molecule has 10 aromatic carbocycles. The molecule has 0 bridgehead atoms. The van der Waals surface area contributed by atoms with E-state index in [0.717, 1.165) is 10.8 Å². The van der Waals surface area contributed by atoms with E-state index in [-0.39, 0.29) is 202 Å². The normalized spacial score (nSPS) is 11.8. The molecule has 10 rings (SSSR count). The Hall–Kier alpha value is -4.75. The Kier molecular flexibility index (Phi) is 12.0. The summed E-state index contributed by atoms with van der Waals surface area (Å²) in [6.07, 6.45) is 0. The van der Waals surface area contributed by atoms with Crippen LogP contribution in [-0.2, 0) is 0 Å². The molecule has 0 saturated carbocycles. The van der Waals surface area contributed by atoms with E-state index in [1.54, 1.807) is 0 Å². The first kappa shape index (κ1) is 49.8. The van der Waals surface area contributed by atoms with Gasteiger partial charge in [0.2, 0.25) is 0 Å². The van der Waals surface area contributed by atoms with Gasteiger partial charge in [0.1, 0.15) is 180 Å². The van der Waals surface area contributed by atoms with E-state index in [1.165, 1.54) is 0 Å². The van der Waals surface area contributed by atoms with Gasteiger partial charge in [-0.3, -0.25) is 0 Å². The lowest BCUT2D eigenvalue weighted by atomic mass is 9.56. The molecule has 268 valence electrons. The van der Waals surface area contributed by atoms with Gasteiger partial charge in [-0.05, 0) is 98.0 Å². The molecular weight excluding hydrogens is 825 g/mol. The van der Waals surface area contributed by atoms with Crippen molar-refractivity contribution in [3.8, 4) is 33.4 Å². The fraction of sp³-hybridized carbons (Fsp3) is 0. The summed E-state index contributed by atoms with van der Waals surface area (Å²) < 4.78 is 0.